The third kappa shape index (κ3) is 13.1. The van der Waals surface area contributed by atoms with Gasteiger partial charge in [-0.25, -0.2) is 0 Å². The molecule has 15 heavy (non-hydrogen) atoms. The molecule has 0 aromatic carbocycles. The maximum Gasteiger partial charge on any atom is 0.327 e. The Morgan fingerprint density at radius 2 is 1.40 bits per heavy atom. The normalized spacial score (nSPS) is 9.40. The zero-order valence-electron chi connectivity index (χ0n) is 9.39. The molecule has 6 heteroatoms. The predicted molar refractivity (Wildman–Crippen MR) is 57.2 cm³/mol. The largest absolute Gasteiger partial charge is 0.327 e. The van der Waals surface area contributed by atoms with E-state index in [1.54, 1.807) is 0 Å². The quantitative estimate of drug-likeness (QED) is 0.519. The Labute approximate surface area is 91.1 Å². The van der Waals surface area contributed by atoms with Crippen LogP contribution in [0.15, 0.2) is 0 Å². The lowest BCUT2D eigenvalue weighted by atomic mass is 10.5. The summed E-state index contributed by atoms with van der Waals surface area (Å²) in [6.07, 6.45) is 0.360. The van der Waals surface area contributed by atoms with Gasteiger partial charge in [0.05, 0.1) is 38.2 Å². The van der Waals surface area contributed by atoms with Crippen molar-refractivity contribution in [2.24, 2.45) is 0 Å². The summed E-state index contributed by atoms with van der Waals surface area (Å²) in [7, 11) is -3.05. The van der Waals surface area contributed by atoms with Crippen LogP contribution in [0.1, 0.15) is 26.7 Å². The van der Waals surface area contributed by atoms with Crippen molar-refractivity contribution in [2.45, 2.75) is 26.7 Å². The van der Waals surface area contributed by atoms with Crippen molar-refractivity contribution >= 4 is 7.60 Å². The Morgan fingerprint density at radius 1 is 1.07 bits per heavy atom. The fourth-order valence-corrected chi connectivity index (χ4v) is 1.47. The second-order valence-electron chi connectivity index (χ2n) is 2.25. The lowest BCUT2D eigenvalue weighted by molar-refractivity contribution is 0.215. The van der Waals surface area contributed by atoms with Gasteiger partial charge >= 0.3 is 7.60 Å². The molecule has 0 aliphatic heterocycles. The Hall–Kier alpha value is -0.870. The summed E-state index contributed by atoms with van der Waals surface area (Å²) >= 11 is 0. The van der Waals surface area contributed by atoms with Gasteiger partial charge in [-0.3, -0.25) is 4.57 Å². The van der Waals surface area contributed by atoms with Crippen molar-refractivity contribution in [2.75, 3.05) is 19.9 Å². The summed E-state index contributed by atoms with van der Waals surface area (Å²) in [5.74, 6) is 0. The smallest absolute Gasteiger partial charge is 0.308 e. The van der Waals surface area contributed by atoms with E-state index in [2.05, 4.69) is 0 Å². The molecule has 0 rings (SSSR count). The predicted octanol–water partition coefficient (Wildman–Crippen LogP) is 2.70. The molecule has 0 saturated carbocycles. The molecule has 0 amide bonds. The van der Waals surface area contributed by atoms with Crippen molar-refractivity contribution in [1.29, 1.82) is 10.5 Å². The molecule has 0 bridgehead atoms. The molecule has 0 radical (unpaired) electrons. The molecular formula is C9H17N2O3P. The van der Waals surface area contributed by atoms with Crippen LogP contribution in [0.3, 0.4) is 0 Å². The van der Waals surface area contributed by atoms with Gasteiger partial charge in [-0.15, -0.1) is 0 Å². The first-order valence-electron chi connectivity index (χ1n) is 4.73. The van der Waals surface area contributed by atoms with Crippen LogP contribution in [-0.4, -0.2) is 19.9 Å². The molecule has 0 fully saturated rings. The second-order valence-corrected chi connectivity index (χ2v) is 4.31. The molecule has 0 spiro atoms. The SMILES string of the molecule is CC.CP(=O)(OCCC#N)OCCC#N. The summed E-state index contributed by atoms with van der Waals surface area (Å²) in [6.45, 7) is 5.51. The molecule has 0 heterocycles. The highest BCUT2D eigenvalue weighted by molar-refractivity contribution is 7.52. The Morgan fingerprint density at radius 3 is 1.67 bits per heavy atom. The van der Waals surface area contributed by atoms with Crippen LogP contribution >= 0.6 is 7.60 Å². The van der Waals surface area contributed by atoms with E-state index in [4.69, 9.17) is 19.6 Å². The molecular weight excluding hydrogens is 215 g/mol. The fourth-order valence-electron chi connectivity index (χ4n) is 0.551. The maximum absolute atomic E-state index is 11.3. The van der Waals surface area contributed by atoms with Crippen molar-refractivity contribution in [1.82, 2.24) is 0 Å². The molecule has 0 saturated heterocycles. The Bertz CT molecular complexity index is 244. The van der Waals surface area contributed by atoms with E-state index in [1.165, 1.54) is 6.66 Å². The summed E-state index contributed by atoms with van der Waals surface area (Å²) in [6, 6.07) is 3.71. The molecule has 0 unspecified atom stereocenters. The maximum atomic E-state index is 11.3. The van der Waals surface area contributed by atoms with Gasteiger partial charge in [0.15, 0.2) is 0 Å². The van der Waals surface area contributed by atoms with Gasteiger partial charge in [0.25, 0.3) is 0 Å². The fraction of sp³-hybridized carbons (Fsp3) is 0.778. The zero-order valence-corrected chi connectivity index (χ0v) is 10.3. The van der Waals surface area contributed by atoms with Crippen LogP contribution in [-0.2, 0) is 13.6 Å². The lowest BCUT2D eigenvalue weighted by Crippen LogP contribution is -1.97. The second kappa shape index (κ2) is 11.2. The average Bonchev–Trinajstić information content (AvgIpc) is 2.21. The summed E-state index contributed by atoms with van der Waals surface area (Å²) in [5.41, 5.74) is 0. The first kappa shape index (κ1) is 16.6. The Balaban J connectivity index is 0. The van der Waals surface area contributed by atoms with Crippen LogP contribution in [0, 0.1) is 22.7 Å². The van der Waals surface area contributed by atoms with E-state index in [-0.39, 0.29) is 26.1 Å². The van der Waals surface area contributed by atoms with Crippen molar-refractivity contribution < 1.29 is 13.6 Å². The topological polar surface area (TPSA) is 83.1 Å². The number of hydrogen-bond acceptors (Lipinski definition) is 5. The van der Waals surface area contributed by atoms with Crippen LogP contribution in [0.25, 0.3) is 0 Å². The minimum Gasteiger partial charge on any atom is -0.308 e. The van der Waals surface area contributed by atoms with E-state index in [0.717, 1.165) is 0 Å². The van der Waals surface area contributed by atoms with Gasteiger partial charge < -0.3 is 9.05 Å². The van der Waals surface area contributed by atoms with E-state index >= 15 is 0 Å². The summed E-state index contributed by atoms with van der Waals surface area (Å²) < 4.78 is 20.9. The van der Waals surface area contributed by atoms with E-state index in [0.29, 0.717) is 0 Å². The van der Waals surface area contributed by atoms with Crippen molar-refractivity contribution in [3.8, 4) is 12.1 Å². The number of rotatable bonds is 6. The molecule has 86 valence electrons. The highest BCUT2D eigenvalue weighted by Gasteiger charge is 2.15. The molecule has 0 aliphatic carbocycles. The summed E-state index contributed by atoms with van der Waals surface area (Å²) in [5, 5.41) is 16.3. The molecule has 0 aromatic rings. The first-order chi connectivity index (χ1) is 7.12. The van der Waals surface area contributed by atoms with Crippen LogP contribution in [0.2, 0.25) is 0 Å². The van der Waals surface area contributed by atoms with Crippen LogP contribution in [0.4, 0.5) is 0 Å². The monoisotopic (exact) mass is 232 g/mol. The molecule has 0 N–H and O–H groups in total. The number of nitrogens with zero attached hydrogens (tertiary/aromatic N) is 2. The third-order valence-electron chi connectivity index (χ3n) is 1.08. The molecule has 0 aliphatic rings. The number of nitriles is 2. The molecule has 0 aromatic heterocycles. The highest BCUT2D eigenvalue weighted by Crippen LogP contribution is 2.43. The van der Waals surface area contributed by atoms with Crippen molar-refractivity contribution in [3.05, 3.63) is 0 Å². The van der Waals surface area contributed by atoms with E-state index in [1.807, 2.05) is 26.0 Å². The highest BCUT2D eigenvalue weighted by atomic mass is 31.2. The minimum absolute atomic E-state index is 0.0941. The Kier molecular flexibility index (Phi) is 12.4. The van der Waals surface area contributed by atoms with Crippen LogP contribution in [0.5, 0.6) is 0 Å². The van der Waals surface area contributed by atoms with Crippen LogP contribution < -0.4 is 0 Å². The third-order valence-corrected chi connectivity index (χ3v) is 2.38. The van der Waals surface area contributed by atoms with E-state index < -0.39 is 7.60 Å². The summed E-state index contributed by atoms with van der Waals surface area (Å²) in [4.78, 5) is 0. The van der Waals surface area contributed by atoms with Gasteiger partial charge in [-0.05, 0) is 0 Å². The minimum atomic E-state index is -3.05. The number of hydrogen-bond donors (Lipinski definition) is 0. The molecule has 5 nitrogen and oxygen atoms in total. The zero-order chi connectivity index (χ0) is 12.2. The standard InChI is InChI=1S/C7H11N2O3P.C2H6/c1-13(10,11-6-2-4-8)12-7-3-5-9;1-2/h2-3,6-7H2,1H3;1-2H3. The van der Waals surface area contributed by atoms with Gasteiger partial charge in [0, 0.05) is 6.66 Å². The van der Waals surface area contributed by atoms with Gasteiger partial charge in [0.2, 0.25) is 0 Å². The average molecular weight is 232 g/mol. The van der Waals surface area contributed by atoms with Gasteiger partial charge in [-0.1, -0.05) is 13.8 Å². The van der Waals surface area contributed by atoms with E-state index in [9.17, 15) is 4.57 Å². The van der Waals surface area contributed by atoms with Gasteiger partial charge in [-0.2, -0.15) is 10.5 Å². The van der Waals surface area contributed by atoms with Gasteiger partial charge in [0.1, 0.15) is 0 Å². The van der Waals surface area contributed by atoms with Crippen molar-refractivity contribution in [3.63, 3.8) is 0 Å². The lowest BCUT2D eigenvalue weighted by Gasteiger charge is -2.11. The first-order valence-corrected chi connectivity index (χ1v) is 6.72. The molecule has 0 atom stereocenters.